The minimum absolute atomic E-state index is 0.0977. The fourth-order valence-electron chi connectivity index (χ4n) is 6.83. The molecule has 0 bridgehead atoms. The van der Waals surface area contributed by atoms with E-state index in [0.29, 0.717) is 22.3 Å². The van der Waals surface area contributed by atoms with Crippen molar-refractivity contribution in [3.63, 3.8) is 0 Å². The second kappa shape index (κ2) is 7.64. The molecule has 0 fully saturated rings. The number of ketones is 2. The maximum Gasteiger partial charge on any atom is 0.300 e. The van der Waals surface area contributed by atoms with Gasteiger partial charge in [0.05, 0.1) is 0 Å². The van der Waals surface area contributed by atoms with Gasteiger partial charge in [-0.05, 0) is 125 Å². The van der Waals surface area contributed by atoms with Gasteiger partial charge in [0.1, 0.15) is 0 Å². The van der Waals surface area contributed by atoms with E-state index in [0.717, 1.165) is 11.1 Å². The molecule has 3 aromatic rings. The summed E-state index contributed by atoms with van der Waals surface area (Å²) in [6, 6.07) is 0. The molecule has 6 heteroatoms. The van der Waals surface area contributed by atoms with Crippen LogP contribution in [-0.4, -0.2) is 11.6 Å². The van der Waals surface area contributed by atoms with Crippen LogP contribution in [0, 0.1) is 69.2 Å². The lowest BCUT2D eigenvalue weighted by molar-refractivity contribution is 0.0277. The largest absolute Gasteiger partial charge is 0.300 e. The number of hydrogen-bond donors (Lipinski definition) is 0. The molecule has 2 nitrogen and oxygen atoms in total. The van der Waals surface area contributed by atoms with Gasteiger partial charge in [0.25, 0.3) is 11.8 Å². The predicted molar refractivity (Wildman–Crippen MR) is 140 cm³/mol. The van der Waals surface area contributed by atoms with Gasteiger partial charge in [0, 0.05) is 44.5 Å². The maximum absolute atomic E-state index is 16.5. The zero-order valence-electron chi connectivity index (χ0n) is 23.3. The van der Waals surface area contributed by atoms with Crippen molar-refractivity contribution in [3.8, 4) is 0 Å². The van der Waals surface area contributed by atoms with Crippen LogP contribution in [0.2, 0.25) is 0 Å². The van der Waals surface area contributed by atoms with E-state index in [2.05, 4.69) is 0 Å². The molecule has 0 N–H and O–H groups in total. The first-order chi connectivity index (χ1) is 17.4. The molecule has 0 spiro atoms. The first-order valence-electron chi connectivity index (χ1n) is 12.7. The molecule has 0 aromatic heterocycles. The van der Waals surface area contributed by atoms with Gasteiger partial charge in [-0.1, -0.05) is 0 Å². The molecule has 2 aliphatic rings. The van der Waals surface area contributed by atoms with E-state index in [1.807, 2.05) is 0 Å². The standard InChI is InChI=1S/C32H30F4O2/c1-11-13(3)17(7)25-21(15(11)5)29(37)23-19(9)24-28(20(10)27(23)31(25,33)34)32(35,36)26-18(8)14(4)12(2)16(6)22(26)30(24)38/h1-10H3. The quantitative estimate of drug-likeness (QED) is 0.279. The van der Waals surface area contributed by atoms with Crippen LogP contribution < -0.4 is 0 Å². The first kappa shape index (κ1) is 26.3. The molecule has 0 amide bonds. The Labute approximate surface area is 220 Å². The molecule has 0 unspecified atom stereocenters. The van der Waals surface area contributed by atoms with Gasteiger partial charge in [0.15, 0.2) is 11.6 Å². The van der Waals surface area contributed by atoms with Crippen molar-refractivity contribution in [1.82, 2.24) is 0 Å². The third-order valence-corrected chi connectivity index (χ3v) is 9.54. The average molecular weight is 523 g/mol. The Kier molecular flexibility index (Phi) is 5.30. The molecule has 38 heavy (non-hydrogen) atoms. The van der Waals surface area contributed by atoms with Crippen LogP contribution >= 0.6 is 0 Å². The number of rotatable bonds is 0. The fraction of sp³-hybridized carbons (Fsp3) is 0.375. The number of carbonyl (C=O) groups is 2. The molecule has 0 saturated heterocycles. The summed E-state index contributed by atoms with van der Waals surface area (Å²) in [6.07, 6.45) is 0. The van der Waals surface area contributed by atoms with Crippen LogP contribution in [0.3, 0.4) is 0 Å². The summed E-state index contributed by atoms with van der Waals surface area (Å²) in [5, 5.41) is 0. The molecular weight excluding hydrogens is 492 g/mol. The third-order valence-electron chi connectivity index (χ3n) is 9.54. The van der Waals surface area contributed by atoms with E-state index in [1.54, 1.807) is 55.4 Å². The lowest BCUT2D eigenvalue weighted by atomic mass is 9.67. The van der Waals surface area contributed by atoms with Crippen molar-refractivity contribution < 1.29 is 27.2 Å². The van der Waals surface area contributed by atoms with Crippen molar-refractivity contribution in [2.75, 3.05) is 0 Å². The van der Waals surface area contributed by atoms with Gasteiger partial charge in [-0.3, -0.25) is 9.59 Å². The molecule has 198 valence electrons. The molecule has 0 aliphatic heterocycles. The zero-order chi connectivity index (χ0) is 28.5. The van der Waals surface area contributed by atoms with Gasteiger partial charge in [0.2, 0.25) is 0 Å². The summed E-state index contributed by atoms with van der Waals surface area (Å²) in [5.74, 6) is -8.71. The van der Waals surface area contributed by atoms with Crippen LogP contribution in [0.4, 0.5) is 17.6 Å². The summed E-state index contributed by atoms with van der Waals surface area (Å²) < 4.78 is 66.2. The lowest BCUT2D eigenvalue weighted by Gasteiger charge is -2.38. The van der Waals surface area contributed by atoms with Gasteiger partial charge in [-0.15, -0.1) is 0 Å². The fourth-order valence-corrected chi connectivity index (χ4v) is 6.83. The van der Waals surface area contributed by atoms with Gasteiger partial charge in [-0.2, -0.15) is 17.6 Å². The van der Waals surface area contributed by atoms with Gasteiger partial charge in [-0.25, -0.2) is 0 Å². The Morgan fingerprint density at radius 2 is 0.579 bits per heavy atom. The van der Waals surface area contributed by atoms with Crippen LogP contribution in [0.5, 0.6) is 0 Å². The summed E-state index contributed by atoms with van der Waals surface area (Å²) in [6.45, 7) is 15.9. The summed E-state index contributed by atoms with van der Waals surface area (Å²) in [7, 11) is 0. The van der Waals surface area contributed by atoms with Crippen LogP contribution in [-0.2, 0) is 11.8 Å². The molecule has 0 saturated carbocycles. The molecular formula is C32H30F4O2. The summed E-state index contributed by atoms with van der Waals surface area (Å²) in [4.78, 5) is 28.0. The maximum atomic E-state index is 16.5. The number of hydrogen-bond acceptors (Lipinski definition) is 2. The Morgan fingerprint density at radius 1 is 0.342 bits per heavy atom. The summed E-state index contributed by atoms with van der Waals surface area (Å²) in [5.41, 5.74) is 0.472. The number of benzene rings is 3. The highest BCUT2D eigenvalue weighted by Crippen LogP contribution is 2.56. The van der Waals surface area contributed by atoms with Crippen molar-refractivity contribution in [3.05, 3.63) is 100 Å². The van der Waals surface area contributed by atoms with Gasteiger partial charge >= 0.3 is 0 Å². The number of halogens is 4. The second-order valence-electron chi connectivity index (χ2n) is 11.1. The molecule has 0 radical (unpaired) electrons. The van der Waals surface area contributed by atoms with E-state index in [4.69, 9.17) is 0 Å². The third kappa shape index (κ3) is 2.79. The van der Waals surface area contributed by atoms with E-state index >= 15 is 17.6 Å². The highest BCUT2D eigenvalue weighted by atomic mass is 19.3. The smallest absolute Gasteiger partial charge is 0.289 e. The molecule has 5 rings (SSSR count). The van der Waals surface area contributed by atoms with Crippen molar-refractivity contribution in [2.45, 2.75) is 81.1 Å². The predicted octanol–water partition coefficient (Wildman–Crippen LogP) is 8.14. The SMILES string of the molecule is Cc1c(C)c(C)c2c(c1C)C(=O)c1c(C)c3c(c(C)c1C2(F)F)C(F)(F)c1c(C)c(C)c(C)c(C)c1C3=O. The second-order valence-corrected chi connectivity index (χ2v) is 11.1. The Bertz CT molecular complexity index is 1570. The van der Waals surface area contributed by atoms with Crippen molar-refractivity contribution in [2.24, 2.45) is 0 Å². The highest BCUT2D eigenvalue weighted by Gasteiger charge is 2.55. The summed E-state index contributed by atoms with van der Waals surface area (Å²) >= 11 is 0. The molecule has 0 heterocycles. The molecule has 3 aromatic carbocycles. The Hall–Kier alpha value is -3.28. The van der Waals surface area contributed by atoms with E-state index < -0.39 is 51.2 Å². The van der Waals surface area contributed by atoms with Crippen LogP contribution in [0.1, 0.15) is 110 Å². The topological polar surface area (TPSA) is 34.1 Å². The highest BCUT2D eigenvalue weighted by molar-refractivity contribution is 6.20. The van der Waals surface area contributed by atoms with Crippen molar-refractivity contribution in [1.29, 1.82) is 0 Å². The minimum atomic E-state index is -3.71. The van der Waals surface area contributed by atoms with E-state index in [-0.39, 0.29) is 38.9 Å². The van der Waals surface area contributed by atoms with Crippen LogP contribution in [0.25, 0.3) is 0 Å². The van der Waals surface area contributed by atoms with E-state index in [1.165, 1.54) is 13.8 Å². The number of alkyl halides is 4. The minimum Gasteiger partial charge on any atom is -0.289 e. The average Bonchev–Trinajstić information content (AvgIpc) is 2.83. The van der Waals surface area contributed by atoms with Crippen LogP contribution in [0.15, 0.2) is 0 Å². The zero-order valence-corrected chi connectivity index (χ0v) is 23.3. The molecule has 0 atom stereocenters. The van der Waals surface area contributed by atoms with E-state index in [9.17, 15) is 9.59 Å². The monoisotopic (exact) mass is 522 g/mol. The normalized spacial score (nSPS) is 16.7. The Morgan fingerprint density at radius 3 is 0.895 bits per heavy atom. The van der Waals surface area contributed by atoms with Gasteiger partial charge < -0.3 is 0 Å². The molecule has 2 aliphatic carbocycles. The number of fused-ring (bicyclic) bond motifs is 4. The lowest BCUT2D eigenvalue weighted by Crippen LogP contribution is -2.38. The van der Waals surface area contributed by atoms with Crippen molar-refractivity contribution >= 4 is 11.6 Å². The Balaban J connectivity index is 1.99. The first-order valence-corrected chi connectivity index (χ1v) is 12.7. The number of carbonyl (C=O) groups excluding carboxylic acids is 2.